The summed E-state index contributed by atoms with van der Waals surface area (Å²) in [5.41, 5.74) is 3.86. The van der Waals surface area contributed by atoms with Gasteiger partial charge in [-0.15, -0.1) is 0 Å². The minimum Gasteiger partial charge on any atom is -0.463 e. The molecule has 158 valence electrons. The highest BCUT2D eigenvalue weighted by Gasteiger charge is 2.42. The second-order valence-corrected chi connectivity index (χ2v) is 9.26. The van der Waals surface area contributed by atoms with E-state index >= 15 is 0 Å². The number of hydrogen-bond acceptors (Lipinski definition) is 3. The Hall–Kier alpha value is -2.72. The Bertz CT molecular complexity index is 1400. The SMILES string of the molecule is Clc1cc(Cl)c2c(c1)[C@@H]1CC(c3ccc4ccccc4c3)=NN1[C@H](c1ccccc1Cl)O2. The van der Waals surface area contributed by atoms with Crippen molar-refractivity contribution in [1.82, 2.24) is 5.01 Å². The van der Waals surface area contributed by atoms with Crippen LogP contribution >= 0.6 is 34.8 Å². The lowest BCUT2D eigenvalue weighted by Gasteiger charge is -2.38. The fraction of sp³-hybridized carbons (Fsp3) is 0.115. The Morgan fingerprint density at radius 2 is 1.56 bits per heavy atom. The van der Waals surface area contributed by atoms with Crippen molar-refractivity contribution in [3.05, 3.63) is 111 Å². The van der Waals surface area contributed by atoms with Crippen LogP contribution in [0.2, 0.25) is 15.1 Å². The first-order valence-electron chi connectivity index (χ1n) is 10.3. The summed E-state index contributed by atoms with van der Waals surface area (Å²) in [5, 5.41) is 11.1. The summed E-state index contributed by atoms with van der Waals surface area (Å²) in [6.07, 6.45) is 0.226. The Labute approximate surface area is 200 Å². The van der Waals surface area contributed by atoms with Crippen LogP contribution < -0.4 is 4.74 Å². The molecule has 4 aromatic rings. The zero-order valence-corrected chi connectivity index (χ0v) is 19.1. The van der Waals surface area contributed by atoms with Crippen molar-refractivity contribution >= 4 is 51.3 Å². The quantitative estimate of drug-likeness (QED) is 0.290. The molecule has 0 unspecified atom stereocenters. The summed E-state index contributed by atoms with van der Waals surface area (Å²) in [6, 6.07) is 26.0. The molecule has 0 saturated carbocycles. The van der Waals surface area contributed by atoms with E-state index in [9.17, 15) is 0 Å². The van der Waals surface area contributed by atoms with Crippen LogP contribution in [0.15, 0.2) is 84.0 Å². The molecule has 0 spiro atoms. The van der Waals surface area contributed by atoms with Gasteiger partial charge in [-0.3, -0.25) is 0 Å². The molecule has 0 aliphatic carbocycles. The van der Waals surface area contributed by atoms with E-state index in [1.807, 2.05) is 47.5 Å². The van der Waals surface area contributed by atoms with Gasteiger partial charge in [0.1, 0.15) is 5.75 Å². The minimum atomic E-state index is -0.488. The topological polar surface area (TPSA) is 24.8 Å². The molecule has 2 aliphatic rings. The summed E-state index contributed by atoms with van der Waals surface area (Å²) in [6.45, 7) is 0. The number of ether oxygens (including phenoxy) is 1. The van der Waals surface area contributed by atoms with E-state index in [0.29, 0.717) is 27.2 Å². The van der Waals surface area contributed by atoms with Crippen molar-refractivity contribution in [3.8, 4) is 5.75 Å². The molecule has 0 bridgehead atoms. The second-order valence-electron chi connectivity index (χ2n) is 8.01. The maximum Gasteiger partial charge on any atom is 0.215 e. The predicted molar refractivity (Wildman–Crippen MR) is 131 cm³/mol. The van der Waals surface area contributed by atoms with Crippen molar-refractivity contribution in [2.24, 2.45) is 5.10 Å². The van der Waals surface area contributed by atoms with Gasteiger partial charge in [0.15, 0.2) is 0 Å². The third-order valence-corrected chi connectivity index (χ3v) is 6.91. The maximum absolute atomic E-state index is 6.55. The molecule has 3 nitrogen and oxygen atoms in total. The molecule has 0 radical (unpaired) electrons. The summed E-state index contributed by atoms with van der Waals surface area (Å²) < 4.78 is 6.40. The van der Waals surface area contributed by atoms with Gasteiger partial charge in [0.2, 0.25) is 6.23 Å². The lowest BCUT2D eigenvalue weighted by Crippen LogP contribution is -2.34. The number of hydrazone groups is 1. The Kier molecular flexibility index (Phi) is 4.80. The molecule has 6 heteroatoms. The molecule has 2 aliphatic heterocycles. The summed E-state index contributed by atoms with van der Waals surface area (Å²) in [4.78, 5) is 0. The predicted octanol–water partition coefficient (Wildman–Crippen LogP) is 8.04. The zero-order chi connectivity index (χ0) is 21.8. The smallest absolute Gasteiger partial charge is 0.215 e. The summed E-state index contributed by atoms with van der Waals surface area (Å²) in [5.74, 6) is 0.636. The van der Waals surface area contributed by atoms with Crippen LogP contribution in [0.4, 0.5) is 0 Å². The van der Waals surface area contributed by atoms with E-state index in [4.69, 9.17) is 44.6 Å². The number of nitrogens with zero attached hydrogens (tertiary/aromatic N) is 2. The van der Waals surface area contributed by atoms with Crippen LogP contribution in [0, 0.1) is 0 Å². The van der Waals surface area contributed by atoms with Gasteiger partial charge in [-0.2, -0.15) is 5.10 Å². The van der Waals surface area contributed by atoms with Crippen LogP contribution in [0.3, 0.4) is 0 Å². The van der Waals surface area contributed by atoms with Crippen molar-refractivity contribution in [3.63, 3.8) is 0 Å². The van der Waals surface area contributed by atoms with Gasteiger partial charge >= 0.3 is 0 Å². The van der Waals surface area contributed by atoms with Gasteiger partial charge in [0, 0.05) is 27.6 Å². The van der Waals surface area contributed by atoms with Gasteiger partial charge in [-0.1, -0.05) is 89.4 Å². The molecule has 0 N–H and O–H groups in total. The molecule has 4 aromatic carbocycles. The van der Waals surface area contributed by atoms with E-state index in [-0.39, 0.29) is 6.04 Å². The minimum absolute atomic E-state index is 0.0577. The normalized spacial score (nSPS) is 19.3. The molecule has 2 atom stereocenters. The van der Waals surface area contributed by atoms with E-state index in [0.717, 1.165) is 22.4 Å². The molecular formula is C26H17Cl3N2O. The van der Waals surface area contributed by atoms with Crippen molar-refractivity contribution in [1.29, 1.82) is 0 Å². The van der Waals surface area contributed by atoms with Crippen LogP contribution in [-0.4, -0.2) is 10.7 Å². The number of fused-ring (bicyclic) bond motifs is 4. The lowest BCUT2D eigenvalue weighted by atomic mass is 9.95. The van der Waals surface area contributed by atoms with E-state index < -0.39 is 6.23 Å². The fourth-order valence-corrected chi connectivity index (χ4v) is 5.32. The zero-order valence-electron chi connectivity index (χ0n) is 16.8. The van der Waals surface area contributed by atoms with Crippen molar-refractivity contribution < 1.29 is 4.74 Å². The molecule has 0 fully saturated rings. The van der Waals surface area contributed by atoms with Gasteiger partial charge in [-0.25, -0.2) is 5.01 Å². The highest BCUT2D eigenvalue weighted by atomic mass is 35.5. The molecule has 0 amide bonds. The van der Waals surface area contributed by atoms with Crippen LogP contribution in [-0.2, 0) is 0 Å². The number of rotatable bonds is 2. The molecule has 32 heavy (non-hydrogen) atoms. The first-order valence-corrected chi connectivity index (χ1v) is 11.5. The summed E-state index contributed by atoms with van der Waals surface area (Å²) >= 11 is 19.5. The largest absolute Gasteiger partial charge is 0.463 e. The molecular weight excluding hydrogens is 463 g/mol. The molecule has 0 saturated heterocycles. The third-order valence-electron chi connectivity index (χ3n) is 6.06. The van der Waals surface area contributed by atoms with Gasteiger partial charge in [0.25, 0.3) is 0 Å². The van der Waals surface area contributed by atoms with Crippen LogP contribution in [0.5, 0.6) is 5.75 Å². The van der Waals surface area contributed by atoms with Gasteiger partial charge in [-0.05, 0) is 40.6 Å². The Morgan fingerprint density at radius 1 is 0.781 bits per heavy atom. The molecule has 6 rings (SSSR count). The summed E-state index contributed by atoms with van der Waals surface area (Å²) in [7, 11) is 0. The highest BCUT2D eigenvalue weighted by molar-refractivity contribution is 6.35. The molecule has 0 aromatic heterocycles. The number of halogens is 3. The van der Waals surface area contributed by atoms with Crippen molar-refractivity contribution in [2.45, 2.75) is 18.7 Å². The standard InChI is InChI=1S/C26H17Cl3N2O/c27-18-12-20-24-14-23(17-10-9-15-5-1-2-6-16(15)11-17)30-31(24)26(32-25(20)22(29)13-18)19-7-3-4-8-21(19)28/h1-13,24,26H,14H2/t24-,26-/m0/s1. The highest BCUT2D eigenvalue weighted by Crippen LogP contribution is 2.51. The van der Waals surface area contributed by atoms with E-state index in [2.05, 4.69) is 30.3 Å². The van der Waals surface area contributed by atoms with Crippen LogP contribution in [0.25, 0.3) is 10.8 Å². The average Bonchev–Trinajstić information content (AvgIpc) is 3.25. The Balaban J connectivity index is 1.49. The number of benzene rings is 4. The molecule has 2 heterocycles. The number of hydrogen-bond donors (Lipinski definition) is 0. The van der Waals surface area contributed by atoms with E-state index in [1.54, 1.807) is 6.07 Å². The first-order chi connectivity index (χ1) is 15.6. The maximum atomic E-state index is 6.55. The van der Waals surface area contributed by atoms with Gasteiger partial charge in [0.05, 0.1) is 16.8 Å². The second kappa shape index (κ2) is 7.70. The fourth-order valence-electron chi connectivity index (χ4n) is 4.54. The third kappa shape index (κ3) is 3.24. The monoisotopic (exact) mass is 478 g/mol. The van der Waals surface area contributed by atoms with Gasteiger partial charge < -0.3 is 4.74 Å². The first kappa shape index (κ1) is 19.9. The van der Waals surface area contributed by atoms with Crippen molar-refractivity contribution in [2.75, 3.05) is 0 Å². The van der Waals surface area contributed by atoms with E-state index in [1.165, 1.54) is 10.8 Å². The van der Waals surface area contributed by atoms with Crippen LogP contribution in [0.1, 0.15) is 35.4 Å². The Morgan fingerprint density at radius 3 is 2.41 bits per heavy atom. The average molecular weight is 480 g/mol. The lowest BCUT2D eigenvalue weighted by molar-refractivity contribution is -0.0188.